The first-order valence-electron chi connectivity index (χ1n) is 5.67. The molecule has 0 amide bonds. The highest BCUT2D eigenvalue weighted by Gasteiger charge is 2.34. The average molecular weight is 255 g/mol. The van der Waals surface area contributed by atoms with Crippen LogP contribution in [0.15, 0.2) is 18.2 Å². The maximum absolute atomic E-state index is 10.9. The largest absolute Gasteiger partial charge is 0.497 e. The number of carboxylic acid groups (broad SMARTS) is 1. The van der Waals surface area contributed by atoms with Crippen LogP contribution in [0.25, 0.3) is 0 Å². The van der Waals surface area contributed by atoms with Crippen LogP contribution >= 0.6 is 11.6 Å². The molecule has 1 saturated carbocycles. The number of methoxy groups -OCH3 is 1. The highest BCUT2D eigenvalue weighted by molar-refractivity contribution is 6.31. The fourth-order valence-corrected chi connectivity index (χ4v) is 2.46. The van der Waals surface area contributed by atoms with E-state index in [2.05, 4.69) is 0 Å². The molecule has 1 aromatic rings. The minimum Gasteiger partial charge on any atom is -0.497 e. The van der Waals surface area contributed by atoms with E-state index in [1.807, 2.05) is 12.1 Å². The van der Waals surface area contributed by atoms with Crippen LogP contribution in [0.2, 0.25) is 5.02 Å². The molecule has 1 unspecified atom stereocenters. The third-order valence-corrected chi connectivity index (χ3v) is 3.52. The maximum Gasteiger partial charge on any atom is 0.303 e. The van der Waals surface area contributed by atoms with Crippen LogP contribution in [0.1, 0.15) is 30.7 Å². The Balaban J connectivity index is 2.25. The molecule has 4 heteroatoms. The minimum absolute atomic E-state index is 0.0332. The molecule has 0 radical (unpaired) electrons. The van der Waals surface area contributed by atoms with Gasteiger partial charge in [-0.05, 0) is 42.4 Å². The van der Waals surface area contributed by atoms with Gasteiger partial charge in [0.05, 0.1) is 13.5 Å². The molecule has 0 aromatic heterocycles. The topological polar surface area (TPSA) is 46.5 Å². The molecule has 0 saturated heterocycles. The van der Waals surface area contributed by atoms with E-state index < -0.39 is 5.97 Å². The summed E-state index contributed by atoms with van der Waals surface area (Å²) in [6.45, 7) is 0. The normalized spacial score (nSPS) is 16.6. The molecule has 1 fully saturated rings. The predicted octanol–water partition coefficient (Wildman–Crippen LogP) is 3.32. The minimum atomic E-state index is -0.770. The summed E-state index contributed by atoms with van der Waals surface area (Å²) in [6.07, 6.45) is 2.34. The zero-order valence-electron chi connectivity index (χ0n) is 9.65. The van der Waals surface area contributed by atoms with Crippen molar-refractivity contribution in [2.75, 3.05) is 7.11 Å². The summed E-state index contributed by atoms with van der Waals surface area (Å²) in [6, 6.07) is 5.46. The number of hydrogen-bond acceptors (Lipinski definition) is 2. The van der Waals surface area contributed by atoms with E-state index in [0.717, 1.165) is 18.4 Å². The van der Waals surface area contributed by atoms with E-state index >= 15 is 0 Å². The van der Waals surface area contributed by atoms with Crippen LogP contribution in [-0.4, -0.2) is 18.2 Å². The third-order valence-electron chi connectivity index (χ3n) is 3.19. The Bertz CT molecular complexity index is 427. The van der Waals surface area contributed by atoms with Crippen molar-refractivity contribution < 1.29 is 14.6 Å². The first-order chi connectivity index (χ1) is 8.11. The van der Waals surface area contributed by atoms with Crippen molar-refractivity contribution >= 4 is 17.6 Å². The Morgan fingerprint density at radius 3 is 2.76 bits per heavy atom. The molecule has 1 aromatic carbocycles. The SMILES string of the molecule is COc1ccc(C(CC(=O)O)C2CC2)c(Cl)c1. The molecule has 1 atom stereocenters. The monoisotopic (exact) mass is 254 g/mol. The van der Waals surface area contributed by atoms with Gasteiger partial charge in [0.25, 0.3) is 0 Å². The van der Waals surface area contributed by atoms with Gasteiger partial charge in [0, 0.05) is 5.02 Å². The van der Waals surface area contributed by atoms with Gasteiger partial charge >= 0.3 is 5.97 Å². The molecule has 92 valence electrons. The quantitative estimate of drug-likeness (QED) is 0.877. The second-order valence-corrected chi connectivity index (χ2v) is 4.84. The van der Waals surface area contributed by atoms with Gasteiger partial charge in [-0.1, -0.05) is 17.7 Å². The number of benzene rings is 1. The lowest BCUT2D eigenvalue weighted by Crippen LogP contribution is -2.09. The number of hydrogen-bond donors (Lipinski definition) is 1. The van der Waals surface area contributed by atoms with Gasteiger partial charge in [0.1, 0.15) is 5.75 Å². The number of aliphatic carboxylic acids is 1. The number of ether oxygens (including phenoxy) is 1. The molecular weight excluding hydrogens is 240 g/mol. The van der Waals surface area contributed by atoms with E-state index in [4.69, 9.17) is 21.4 Å². The molecule has 17 heavy (non-hydrogen) atoms. The van der Waals surface area contributed by atoms with Crippen LogP contribution in [0.4, 0.5) is 0 Å². The fourth-order valence-electron chi connectivity index (χ4n) is 2.15. The molecule has 1 N–H and O–H groups in total. The van der Waals surface area contributed by atoms with Crippen molar-refractivity contribution in [3.05, 3.63) is 28.8 Å². The number of rotatable bonds is 5. The van der Waals surface area contributed by atoms with E-state index in [0.29, 0.717) is 16.7 Å². The summed E-state index contributed by atoms with van der Waals surface area (Å²) in [5.41, 5.74) is 0.928. The second kappa shape index (κ2) is 4.96. The summed E-state index contributed by atoms with van der Waals surface area (Å²) in [7, 11) is 1.58. The maximum atomic E-state index is 10.9. The summed E-state index contributed by atoms with van der Waals surface area (Å²) in [4.78, 5) is 10.9. The van der Waals surface area contributed by atoms with E-state index in [1.165, 1.54) is 0 Å². The zero-order valence-corrected chi connectivity index (χ0v) is 10.4. The third kappa shape index (κ3) is 2.91. The lowest BCUT2D eigenvalue weighted by atomic mass is 9.91. The highest BCUT2D eigenvalue weighted by atomic mass is 35.5. The van der Waals surface area contributed by atoms with E-state index in [9.17, 15) is 4.79 Å². The highest BCUT2D eigenvalue weighted by Crippen LogP contribution is 2.46. The molecular formula is C13H15ClO3. The van der Waals surface area contributed by atoms with Crippen molar-refractivity contribution in [2.24, 2.45) is 5.92 Å². The van der Waals surface area contributed by atoms with Gasteiger partial charge in [0.2, 0.25) is 0 Å². The Morgan fingerprint density at radius 1 is 1.59 bits per heavy atom. The van der Waals surface area contributed by atoms with Crippen molar-refractivity contribution in [1.82, 2.24) is 0 Å². The summed E-state index contributed by atoms with van der Waals surface area (Å²) in [5.74, 6) is 0.431. The lowest BCUT2D eigenvalue weighted by molar-refractivity contribution is -0.137. The Labute approximate surface area is 105 Å². The molecule has 0 spiro atoms. The van der Waals surface area contributed by atoms with Crippen LogP contribution in [0.5, 0.6) is 5.75 Å². The number of carbonyl (C=O) groups is 1. The molecule has 2 rings (SSSR count). The van der Waals surface area contributed by atoms with Crippen molar-refractivity contribution in [3.8, 4) is 5.75 Å². The first-order valence-corrected chi connectivity index (χ1v) is 6.05. The average Bonchev–Trinajstić information content (AvgIpc) is 3.09. The molecule has 1 aliphatic rings. The summed E-state index contributed by atoms with van der Waals surface area (Å²) < 4.78 is 5.09. The fraction of sp³-hybridized carbons (Fsp3) is 0.462. The molecule has 3 nitrogen and oxygen atoms in total. The van der Waals surface area contributed by atoms with Gasteiger partial charge in [-0.2, -0.15) is 0 Å². The van der Waals surface area contributed by atoms with Gasteiger partial charge in [-0.25, -0.2) is 0 Å². The Morgan fingerprint density at radius 2 is 2.29 bits per heavy atom. The van der Waals surface area contributed by atoms with Crippen molar-refractivity contribution in [2.45, 2.75) is 25.2 Å². The number of halogens is 1. The smallest absolute Gasteiger partial charge is 0.303 e. The van der Waals surface area contributed by atoms with Gasteiger partial charge in [-0.3, -0.25) is 4.79 Å². The Kier molecular flexibility index (Phi) is 3.57. The van der Waals surface area contributed by atoms with Crippen LogP contribution in [0.3, 0.4) is 0 Å². The van der Waals surface area contributed by atoms with Crippen LogP contribution in [-0.2, 0) is 4.79 Å². The van der Waals surface area contributed by atoms with E-state index in [-0.39, 0.29) is 12.3 Å². The van der Waals surface area contributed by atoms with Gasteiger partial charge < -0.3 is 9.84 Å². The number of carboxylic acids is 1. The molecule has 0 heterocycles. The summed E-state index contributed by atoms with van der Waals surface area (Å²) >= 11 is 6.19. The first kappa shape index (κ1) is 12.2. The summed E-state index contributed by atoms with van der Waals surface area (Å²) in [5, 5.41) is 9.55. The standard InChI is InChI=1S/C13H15ClO3/c1-17-9-4-5-10(12(14)6-9)11(7-13(15)16)8-2-3-8/h4-6,8,11H,2-3,7H2,1H3,(H,15,16). The van der Waals surface area contributed by atoms with E-state index in [1.54, 1.807) is 13.2 Å². The molecule has 0 bridgehead atoms. The van der Waals surface area contributed by atoms with Gasteiger partial charge in [0.15, 0.2) is 0 Å². The van der Waals surface area contributed by atoms with Gasteiger partial charge in [-0.15, -0.1) is 0 Å². The van der Waals surface area contributed by atoms with Crippen LogP contribution in [0, 0.1) is 5.92 Å². The van der Waals surface area contributed by atoms with Crippen LogP contribution < -0.4 is 4.74 Å². The lowest BCUT2D eigenvalue weighted by Gasteiger charge is -2.16. The predicted molar refractivity (Wildman–Crippen MR) is 65.7 cm³/mol. The Hall–Kier alpha value is -1.22. The van der Waals surface area contributed by atoms with Crippen molar-refractivity contribution in [1.29, 1.82) is 0 Å². The second-order valence-electron chi connectivity index (χ2n) is 4.43. The molecule has 1 aliphatic carbocycles. The van der Waals surface area contributed by atoms with Crippen molar-refractivity contribution in [3.63, 3.8) is 0 Å². The molecule has 0 aliphatic heterocycles. The zero-order chi connectivity index (χ0) is 12.4.